The molecule has 0 unspecified atom stereocenters. The molecule has 0 bridgehead atoms. The highest BCUT2D eigenvalue weighted by atomic mass is 32.1. The second-order valence-corrected chi connectivity index (χ2v) is 4.48. The van der Waals surface area contributed by atoms with E-state index in [1.165, 1.54) is 0 Å². The molecule has 5 nitrogen and oxygen atoms in total. The van der Waals surface area contributed by atoms with Crippen LogP contribution in [0.15, 0.2) is 0 Å². The van der Waals surface area contributed by atoms with Gasteiger partial charge >= 0.3 is 5.97 Å². The quantitative estimate of drug-likeness (QED) is 0.635. The van der Waals surface area contributed by atoms with E-state index in [2.05, 4.69) is 15.0 Å². The molecule has 0 aliphatic heterocycles. The van der Waals surface area contributed by atoms with Crippen molar-refractivity contribution in [2.75, 3.05) is 6.61 Å². The van der Waals surface area contributed by atoms with Gasteiger partial charge in [-0.05, 0) is 6.92 Å². The van der Waals surface area contributed by atoms with E-state index in [0.29, 0.717) is 24.7 Å². The molecule has 100 valence electrons. The van der Waals surface area contributed by atoms with Crippen LogP contribution in [-0.4, -0.2) is 24.0 Å². The second-order valence-electron chi connectivity index (χ2n) is 3.39. The Labute approximate surface area is 106 Å². The van der Waals surface area contributed by atoms with Crippen LogP contribution in [0.3, 0.4) is 0 Å². The van der Waals surface area contributed by atoms with Gasteiger partial charge in [-0.15, -0.1) is 11.3 Å². The number of nitrogens with one attached hydrogen (secondary N) is 1. The first-order valence-corrected chi connectivity index (χ1v) is 5.94. The summed E-state index contributed by atoms with van der Waals surface area (Å²) < 4.78 is 31.3. The van der Waals surface area contributed by atoms with E-state index in [-0.39, 0.29) is 18.2 Å². The van der Waals surface area contributed by atoms with E-state index in [4.69, 9.17) is 0 Å². The topological polar surface area (TPSA) is 68.3 Å². The number of carbonyl (C=O) groups is 2. The summed E-state index contributed by atoms with van der Waals surface area (Å²) in [5, 5.41) is 2.52. The van der Waals surface area contributed by atoms with Crippen molar-refractivity contribution in [1.82, 2.24) is 10.3 Å². The van der Waals surface area contributed by atoms with E-state index in [9.17, 15) is 18.4 Å². The number of amides is 1. The molecule has 0 aliphatic rings. The lowest BCUT2D eigenvalue weighted by Crippen LogP contribution is -2.14. The van der Waals surface area contributed by atoms with Crippen molar-refractivity contribution in [3.63, 3.8) is 0 Å². The van der Waals surface area contributed by atoms with Crippen molar-refractivity contribution in [2.24, 2.45) is 0 Å². The van der Waals surface area contributed by atoms with Crippen LogP contribution in [0.1, 0.15) is 34.2 Å². The van der Waals surface area contributed by atoms with Gasteiger partial charge in [-0.3, -0.25) is 4.79 Å². The lowest BCUT2D eigenvalue weighted by molar-refractivity contribution is -0.109. The molecule has 1 aromatic rings. The number of hydrogen-bond donors (Lipinski definition) is 1. The van der Waals surface area contributed by atoms with Gasteiger partial charge in [0.15, 0.2) is 5.69 Å². The zero-order valence-electron chi connectivity index (χ0n) is 9.83. The van der Waals surface area contributed by atoms with Gasteiger partial charge in [0.05, 0.1) is 13.2 Å². The number of rotatable bonds is 6. The Kier molecular flexibility index (Phi) is 4.71. The predicted molar refractivity (Wildman–Crippen MR) is 60.5 cm³/mol. The van der Waals surface area contributed by atoms with Crippen molar-refractivity contribution in [3.8, 4) is 0 Å². The molecule has 0 spiro atoms. The van der Waals surface area contributed by atoms with Gasteiger partial charge in [0.1, 0.15) is 9.88 Å². The smallest absolute Gasteiger partial charge is 0.358 e. The standard InChI is InChI=1S/C10H12F2N2O3S/c1-3-17-9(16)7-8(10(2,11)12)18-6(14-7)4-13-5-15/h5H,3-4H2,1-2H3,(H,13,15). The maximum Gasteiger partial charge on any atom is 0.358 e. The molecular weight excluding hydrogens is 266 g/mol. The minimum Gasteiger partial charge on any atom is -0.461 e. The fourth-order valence-corrected chi connectivity index (χ4v) is 2.14. The number of esters is 1. The number of hydrogen-bond acceptors (Lipinski definition) is 5. The zero-order valence-corrected chi connectivity index (χ0v) is 10.6. The molecule has 0 aliphatic carbocycles. The Morgan fingerprint density at radius 3 is 2.78 bits per heavy atom. The molecule has 0 saturated carbocycles. The summed E-state index contributed by atoms with van der Waals surface area (Å²) in [6.45, 7) is 2.33. The summed E-state index contributed by atoms with van der Waals surface area (Å²) in [6, 6.07) is 0. The Bertz CT molecular complexity index is 443. The van der Waals surface area contributed by atoms with Gasteiger partial charge in [0, 0.05) is 6.92 Å². The first kappa shape index (κ1) is 14.5. The van der Waals surface area contributed by atoms with Crippen molar-refractivity contribution in [1.29, 1.82) is 0 Å². The van der Waals surface area contributed by atoms with Crippen molar-refractivity contribution in [3.05, 3.63) is 15.6 Å². The minimum atomic E-state index is -3.18. The number of ether oxygens (including phenoxy) is 1. The lowest BCUT2D eigenvalue weighted by atomic mass is 10.2. The van der Waals surface area contributed by atoms with Crippen LogP contribution in [0.2, 0.25) is 0 Å². The predicted octanol–water partition coefficient (Wildman–Crippen LogP) is 1.68. The SMILES string of the molecule is CCOC(=O)c1nc(CNC=O)sc1C(C)(F)F. The average molecular weight is 278 g/mol. The van der Waals surface area contributed by atoms with Crippen LogP contribution >= 0.6 is 11.3 Å². The second kappa shape index (κ2) is 5.85. The first-order chi connectivity index (χ1) is 8.40. The highest BCUT2D eigenvalue weighted by Crippen LogP contribution is 2.35. The third-order valence-electron chi connectivity index (χ3n) is 1.88. The monoisotopic (exact) mass is 278 g/mol. The van der Waals surface area contributed by atoms with Crippen LogP contribution in [0.4, 0.5) is 8.78 Å². The van der Waals surface area contributed by atoms with Crippen LogP contribution in [0.25, 0.3) is 0 Å². The molecule has 1 aromatic heterocycles. The van der Waals surface area contributed by atoms with Crippen LogP contribution < -0.4 is 5.32 Å². The highest BCUT2D eigenvalue weighted by Gasteiger charge is 2.34. The van der Waals surface area contributed by atoms with E-state index >= 15 is 0 Å². The Balaban J connectivity index is 3.08. The maximum atomic E-state index is 13.3. The summed E-state index contributed by atoms with van der Waals surface area (Å²) in [5.74, 6) is -4.07. The summed E-state index contributed by atoms with van der Waals surface area (Å²) in [4.78, 5) is 24.9. The fraction of sp³-hybridized carbons (Fsp3) is 0.500. The highest BCUT2D eigenvalue weighted by molar-refractivity contribution is 7.12. The van der Waals surface area contributed by atoms with Crippen LogP contribution in [0, 0.1) is 0 Å². The molecule has 8 heteroatoms. The van der Waals surface area contributed by atoms with E-state index in [1.807, 2.05) is 0 Å². The Morgan fingerprint density at radius 2 is 2.28 bits per heavy atom. The van der Waals surface area contributed by atoms with Gasteiger partial charge in [0.2, 0.25) is 6.41 Å². The molecule has 0 atom stereocenters. The Morgan fingerprint density at radius 1 is 1.61 bits per heavy atom. The van der Waals surface area contributed by atoms with Crippen LogP contribution in [0.5, 0.6) is 0 Å². The number of aromatic nitrogens is 1. The normalized spacial score (nSPS) is 11.1. The first-order valence-electron chi connectivity index (χ1n) is 5.12. The minimum absolute atomic E-state index is 0.00332. The van der Waals surface area contributed by atoms with Gasteiger partial charge in [-0.25, -0.2) is 18.6 Å². The summed E-state index contributed by atoms with van der Waals surface area (Å²) in [6.07, 6.45) is 0.426. The molecule has 1 amide bonds. The lowest BCUT2D eigenvalue weighted by Gasteiger charge is -2.08. The fourth-order valence-electron chi connectivity index (χ4n) is 1.20. The van der Waals surface area contributed by atoms with Crippen LogP contribution in [-0.2, 0) is 22.0 Å². The molecule has 18 heavy (non-hydrogen) atoms. The molecule has 1 heterocycles. The van der Waals surface area contributed by atoms with E-state index in [1.54, 1.807) is 6.92 Å². The summed E-state index contributed by atoms with van der Waals surface area (Å²) in [7, 11) is 0. The number of alkyl halides is 2. The van der Waals surface area contributed by atoms with E-state index < -0.39 is 22.5 Å². The number of thiazole rings is 1. The molecule has 0 aromatic carbocycles. The number of nitrogens with zero attached hydrogens (tertiary/aromatic N) is 1. The van der Waals surface area contributed by atoms with Gasteiger partial charge in [-0.1, -0.05) is 0 Å². The average Bonchev–Trinajstić information content (AvgIpc) is 2.70. The molecule has 1 N–H and O–H groups in total. The summed E-state index contributed by atoms with van der Waals surface area (Å²) in [5.41, 5.74) is -0.392. The van der Waals surface area contributed by atoms with Gasteiger partial charge < -0.3 is 10.1 Å². The van der Waals surface area contributed by atoms with Gasteiger partial charge in [0.25, 0.3) is 5.92 Å². The molecule has 0 saturated heterocycles. The zero-order chi connectivity index (χ0) is 13.8. The largest absolute Gasteiger partial charge is 0.461 e. The van der Waals surface area contributed by atoms with Crippen molar-refractivity contribution >= 4 is 23.7 Å². The number of halogens is 2. The third-order valence-corrected chi connectivity index (χ3v) is 3.10. The van der Waals surface area contributed by atoms with Crippen molar-refractivity contribution < 1.29 is 23.1 Å². The molecule has 1 rings (SSSR count). The molecule has 0 radical (unpaired) electrons. The third kappa shape index (κ3) is 3.46. The Hall–Kier alpha value is -1.57. The molecule has 0 fully saturated rings. The number of carbonyl (C=O) groups excluding carboxylic acids is 2. The van der Waals surface area contributed by atoms with E-state index in [0.717, 1.165) is 0 Å². The van der Waals surface area contributed by atoms with Crippen molar-refractivity contribution in [2.45, 2.75) is 26.3 Å². The summed E-state index contributed by atoms with van der Waals surface area (Å²) >= 11 is 0.677. The maximum absolute atomic E-state index is 13.3. The van der Waals surface area contributed by atoms with Gasteiger partial charge in [-0.2, -0.15) is 0 Å². The molecular formula is C10H12F2N2O3S.